The Balaban J connectivity index is 1.32. The minimum Gasteiger partial charge on any atom is -0.352 e. The Morgan fingerprint density at radius 1 is 0.966 bits per heavy atom. The van der Waals surface area contributed by atoms with Crippen molar-refractivity contribution in [3.05, 3.63) is 65.3 Å². The summed E-state index contributed by atoms with van der Waals surface area (Å²) in [5.74, 6) is 1.29. The smallest absolute Gasteiger partial charge is 0.267 e. The van der Waals surface area contributed by atoms with Gasteiger partial charge in [-0.3, -0.25) is 14.6 Å². The molecule has 3 aromatic rings. The molecule has 0 atom stereocenters. The van der Waals surface area contributed by atoms with Gasteiger partial charge in [0, 0.05) is 56.5 Å². The summed E-state index contributed by atoms with van der Waals surface area (Å²) in [7, 11) is 0. The van der Waals surface area contributed by atoms with Gasteiger partial charge in [-0.15, -0.1) is 10.2 Å². The van der Waals surface area contributed by atoms with Crippen LogP contribution in [0.3, 0.4) is 0 Å². The standard InChI is InChI=1S/C19H20N8O2/c28-18-2-1-7-21-27(18)14-19(29)26-12-10-25(11-13-26)17-4-3-16(23-24-17)22-15-5-8-20-9-6-15/h1-9H,10-14H2,(H,20,22,23). The quantitative estimate of drug-likeness (QED) is 0.669. The summed E-state index contributed by atoms with van der Waals surface area (Å²) in [6.45, 7) is 2.36. The second-order valence-corrected chi connectivity index (χ2v) is 6.53. The van der Waals surface area contributed by atoms with E-state index >= 15 is 0 Å². The molecule has 0 saturated carbocycles. The SMILES string of the molecule is O=C(Cn1ncccc1=O)N1CCN(c2ccc(Nc3ccncc3)nn2)CC1. The maximum atomic E-state index is 12.4. The molecule has 0 aliphatic carbocycles. The van der Waals surface area contributed by atoms with Crippen LogP contribution in [0.2, 0.25) is 0 Å². The molecule has 148 valence electrons. The minimum absolute atomic E-state index is 0.0468. The highest BCUT2D eigenvalue weighted by Crippen LogP contribution is 2.17. The van der Waals surface area contributed by atoms with E-state index in [0.717, 1.165) is 11.5 Å². The van der Waals surface area contributed by atoms with Gasteiger partial charge in [-0.1, -0.05) is 0 Å². The number of piperazine rings is 1. The lowest BCUT2D eigenvalue weighted by atomic mass is 10.3. The van der Waals surface area contributed by atoms with Crippen molar-refractivity contribution in [1.29, 1.82) is 0 Å². The zero-order chi connectivity index (χ0) is 20.1. The number of carbonyl (C=O) groups is 1. The van der Waals surface area contributed by atoms with Crippen LogP contribution in [0.1, 0.15) is 0 Å². The highest BCUT2D eigenvalue weighted by atomic mass is 16.2. The number of hydrogen-bond donors (Lipinski definition) is 1. The average Bonchev–Trinajstić information content (AvgIpc) is 2.77. The van der Waals surface area contributed by atoms with Crippen molar-refractivity contribution < 1.29 is 4.79 Å². The third kappa shape index (κ3) is 4.54. The van der Waals surface area contributed by atoms with E-state index in [-0.39, 0.29) is 18.0 Å². The van der Waals surface area contributed by atoms with Gasteiger partial charge in [0.05, 0.1) is 0 Å². The second-order valence-electron chi connectivity index (χ2n) is 6.53. The number of hydrogen-bond acceptors (Lipinski definition) is 8. The predicted molar refractivity (Wildman–Crippen MR) is 107 cm³/mol. The fourth-order valence-corrected chi connectivity index (χ4v) is 3.06. The van der Waals surface area contributed by atoms with E-state index < -0.39 is 0 Å². The summed E-state index contributed by atoms with van der Waals surface area (Å²) in [4.78, 5) is 32.0. The Bertz CT molecular complexity index is 1010. The molecule has 1 saturated heterocycles. The molecular formula is C19H20N8O2. The van der Waals surface area contributed by atoms with Crippen molar-refractivity contribution in [2.24, 2.45) is 0 Å². The van der Waals surface area contributed by atoms with Crippen molar-refractivity contribution in [3.63, 3.8) is 0 Å². The minimum atomic E-state index is -0.282. The molecule has 1 aliphatic heterocycles. The Kier molecular flexibility index (Phi) is 5.41. The number of nitrogens with zero attached hydrogens (tertiary/aromatic N) is 7. The van der Waals surface area contributed by atoms with Crippen LogP contribution in [0.4, 0.5) is 17.3 Å². The Morgan fingerprint density at radius 2 is 1.76 bits per heavy atom. The lowest BCUT2D eigenvalue weighted by Gasteiger charge is -2.35. The zero-order valence-corrected chi connectivity index (χ0v) is 15.7. The topological polar surface area (TPSA) is 109 Å². The molecule has 1 aliphatic rings. The molecule has 0 spiro atoms. The second kappa shape index (κ2) is 8.46. The van der Waals surface area contributed by atoms with Crippen LogP contribution in [0, 0.1) is 0 Å². The summed E-state index contributed by atoms with van der Waals surface area (Å²) in [5, 5.41) is 15.6. The predicted octanol–water partition coefficient (Wildman–Crippen LogP) is 0.521. The van der Waals surface area contributed by atoms with Crippen LogP contribution in [0.25, 0.3) is 0 Å². The number of anilines is 3. The Morgan fingerprint density at radius 3 is 2.45 bits per heavy atom. The summed E-state index contributed by atoms with van der Waals surface area (Å²) in [5.41, 5.74) is 0.608. The van der Waals surface area contributed by atoms with E-state index in [1.54, 1.807) is 23.4 Å². The van der Waals surface area contributed by atoms with Gasteiger partial charge in [0.25, 0.3) is 5.56 Å². The Hall–Kier alpha value is -3.82. The summed E-state index contributed by atoms with van der Waals surface area (Å²) < 4.78 is 1.18. The van der Waals surface area contributed by atoms with E-state index in [1.165, 1.54) is 16.9 Å². The monoisotopic (exact) mass is 392 g/mol. The zero-order valence-electron chi connectivity index (χ0n) is 15.7. The van der Waals surface area contributed by atoms with Crippen LogP contribution in [0.5, 0.6) is 0 Å². The van der Waals surface area contributed by atoms with Gasteiger partial charge in [0.1, 0.15) is 6.54 Å². The molecule has 4 rings (SSSR count). The molecule has 1 amide bonds. The molecule has 1 fully saturated rings. The van der Waals surface area contributed by atoms with E-state index in [2.05, 4.69) is 30.5 Å². The number of rotatable bonds is 5. The normalized spacial score (nSPS) is 13.9. The van der Waals surface area contributed by atoms with E-state index in [9.17, 15) is 9.59 Å². The Labute approximate surface area is 166 Å². The molecule has 1 N–H and O–H groups in total. The van der Waals surface area contributed by atoms with E-state index in [1.807, 2.05) is 24.3 Å². The lowest BCUT2D eigenvalue weighted by molar-refractivity contribution is -0.132. The molecule has 10 heteroatoms. The summed E-state index contributed by atoms with van der Waals surface area (Å²) in [6, 6.07) is 10.4. The van der Waals surface area contributed by atoms with Crippen LogP contribution < -0.4 is 15.8 Å². The van der Waals surface area contributed by atoms with Gasteiger partial charge in [-0.25, -0.2) is 4.68 Å². The highest BCUT2D eigenvalue weighted by Gasteiger charge is 2.22. The van der Waals surface area contributed by atoms with Gasteiger partial charge in [-0.2, -0.15) is 5.10 Å². The maximum Gasteiger partial charge on any atom is 0.267 e. The van der Waals surface area contributed by atoms with Gasteiger partial charge in [0.2, 0.25) is 5.91 Å². The van der Waals surface area contributed by atoms with Crippen LogP contribution in [0.15, 0.2) is 59.8 Å². The molecular weight excluding hydrogens is 372 g/mol. The first-order valence-electron chi connectivity index (χ1n) is 9.25. The molecule has 3 aromatic heterocycles. The largest absolute Gasteiger partial charge is 0.352 e. The van der Waals surface area contributed by atoms with E-state index in [0.29, 0.717) is 32.0 Å². The fraction of sp³-hybridized carbons (Fsp3) is 0.263. The average molecular weight is 392 g/mol. The summed E-state index contributed by atoms with van der Waals surface area (Å²) in [6.07, 6.45) is 4.91. The van der Waals surface area contributed by atoms with Crippen molar-refractivity contribution >= 4 is 23.2 Å². The molecule has 4 heterocycles. The number of aromatic nitrogens is 5. The maximum absolute atomic E-state index is 12.4. The third-order valence-corrected chi connectivity index (χ3v) is 4.63. The van der Waals surface area contributed by atoms with Gasteiger partial charge in [0.15, 0.2) is 11.6 Å². The highest BCUT2D eigenvalue weighted by molar-refractivity contribution is 5.76. The van der Waals surface area contributed by atoms with Gasteiger partial charge in [-0.05, 0) is 30.3 Å². The van der Waals surface area contributed by atoms with Gasteiger partial charge >= 0.3 is 0 Å². The van der Waals surface area contributed by atoms with Crippen LogP contribution in [-0.4, -0.2) is 61.9 Å². The summed E-state index contributed by atoms with van der Waals surface area (Å²) >= 11 is 0. The molecule has 0 bridgehead atoms. The van der Waals surface area contributed by atoms with Crippen molar-refractivity contribution in [3.8, 4) is 0 Å². The first-order valence-corrected chi connectivity index (χ1v) is 9.25. The molecule has 0 unspecified atom stereocenters. The number of carbonyl (C=O) groups excluding carboxylic acids is 1. The first kappa shape index (κ1) is 18.5. The number of amides is 1. The van der Waals surface area contributed by atoms with Gasteiger partial charge < -0.3 is 15.1 Å². The molecule has 0 radical (unpaired) electrons. The lowest BCUT2D eigenvalue weighted by Crippen LogP contribution is -2.50. The number of pyridine rings is 1. The van der Waals surface area contributed by atoms with Crippen molar-refractivity contribution in [2.45, 2.75) is 6.54 Å². The third-order valence-electron chi connectivity index (χ3n) is 4.63. The van der Waals surface area contributed by atoms with Crippen molar-refractivity contribution in [1.82, 2.24) is 29.9 Å². The number of nitrogens with one attached hydrogen (secondary N) is 1. The molecule has 10 nitrogen and oxygen atoms in total. The fourth-order valence-electron chi connectivity index (χ4n) is 3.06. The van der Waals surface area contributed by atoms with Crippen LogP contribution >= 0.6 is 0 Å². The first-order chi connectivity index (χ1) is 14.2. The molecule has 29 heavy (non-hydrogen) atoms. The molecule has 0 aromatic carbocycles. The van der Waals surface area contributed by atoms with Crippen molar-refractivity contribution in [2.75, 3.05) is 36.4 Å². The van der Waals surface area contributed by atoms with E-state index in [4.69, 9.17) is 0 Å². The van der Waals surface area contributed by atoms with Crippen LogP contribution in [-0.2, 0) is 11.3 Å².